The number of amides is 1. The third-order valence-electron chi connectivity index (χ3n) is 5.08. The molecule has 2 aliphatic heterocycles. The average molecular weight is 399 g/mol. The minimum absolute atomic E-state index is 0.0642. The molecule has 2 aromatic heterocycles. The van der Waals surface area contributed by atoms with Crippen LogP contribution in [0.5, 0.6) is 0 Å². The number of carbonyl (C=O) groups is 1. The van der Waals surface area contributed by atoms with Crippen LogP contribution < -0.4 is 5.69 Å². The molecule has 0 saturated carbocycles. The van der Waals surface area contributed by atoms with E-state index in [0.717, 1.165) is 15.8 Å². The first-order valence-electron chi connectivity index (χ1n) is 8.90. The summed E-state index contributed by atoms with van der Waals surface area (Å²) in [5.74, 6) is -4.88. The number of rotatable bonds is 3. The Balaban J connectivity index is 1.63. The first kappa shape index (κ1) is 18.6. The highest BCUT2D eigenvalue weighted by Gasteiger charge is 2.43. The van der Waals surface area contributed by atoms with Gasteiger partial charge >= 0.3 is 5.69 Å². The number of halogens is 4. The second-order valence-corrected chi connectivity index (χ2v) is 7.08. The fourth-order valence-corrected chi connectivity index (χ4v) is 3.70. The lowest BCUT2D eigenvalue weighted by Crippen LogP contribution is -2.42. The molecule has 11 heteroatoms. The normalized spacial score (nSPS) is 21.0. The highest BCUT2D eigenvalue weighted by Crippen LogP contribution is 2.31. The monoisotopic (exact) mass is 399 g/mol. The van der Waals surface area contributed by atoms with Gasteiger partial charge in [-0.3, -0.25) is 14.3 Å². The van der Waals surface area contributed by atoms with E-state index in [9.17, 15) is 27.2 Å². The Labute approximate surface area is 156 Å². The summed E-state index contributed by atoms with van der Waals surface area (Å²) in [6.07, 6.45) is 1.77. The van der Waals surface area contributed by atoms with Crippen molar-refractivity contribution in [2.45, 2.75) is 44.2 Å². The predicted molar refractivity (Wildman–Crippen MR) is 87.9 cm³/mol. The number of aryl methyl sites for hydroxylation is 1. The van der Waals surface area contributed by atoms with Crippen molar-refractivity contribution in [3.63, 3.8) is 0 Å². The molecule has 0 spiro atoms. The van der Waals surface area contributed by atoms with Gasteiger partial charge in [0.15, 0.2) is 0 Å². The summed E-state index contributed by atoms with van der Waals surface area (Å²) in [4.78, 5) is 30.2. The van der Waals surface area contributed by atoms with Gasteiger partial charge in [-0.2, -0.15) is 5.10 Å². The van der Waals surface area contributed by atoms with E-state index in [2.05, 4.69) is 10.1 Å². The minimum atomic E-state index is -2.92. The molecule has 150 valence electrons. The zero-order valence-electron chi connectivity index (χ0n) is 14.7. The largest absolute Gasteiger partial charge is 0.347 e. The molecule has 0 unspecified atom stereocenters. The Morgan fingerprint density at radius 3 is 2.79 bits per heavy atom. The van der Waals surface area contributed by atoms with Crippen molar-refractivity contribution in [1.82, 2.24) is 24.2 Å². The molecule has 7 nitrogen and oxygen atoms in total. The fourth-order valence-electron chi connectivity index (χ4n) is 3.70. The van der Waals surface area contributed by atoms with Crippen LogP contribution in [0, 0.1) is 11.6 Å². The summed E-state index contributed by atoms with van der Waals surface area (Å²) in [6.45, 7) is -1.05. The molecule has 0 aliphatic carbocycles. The number of likely N-dealkylation sites (tertiary alicyclic amines) is 1. The fraction of sp³-hybridized carbons (Fsp3) is 0.529. The quantitative estimate of drug-likeness (QED) is 0.734. The summed E-state index contributed by atoms with van der Waals surface area (Å²) < 4.78 is 55.9. The first-order valence-corrected chi connectivity index (χ1v) is 8.90. The lowest BCUT2D eigenvalue weighted by Gasteiger charge is -2.27. The summed E-state index contributed by atoms with van der Waals surface area (Å²) in [7, 11) is 0. The van der Waals surface area contributed by atoms with Gasteiger partial charge in [0.2, 0.25) is 5.91 Å². The van der Waals surface area contributed by atoms with E-state index in [4.69, 9.17) is 0 Å². The van der Waals surface area contributed by atoms with Gasteiger partial charge in [-0.25, -0.2) is 27.0 Å². The van der Waals surface area contributed by atoms with Crippen LogP contribution in [0.1, 0.15) is 36.8 Å². The molecule has 0 bridgehead atoms. The maximum atomic E-state index is 13.8. The van der Waals surface area contributed by atoms with Crippen LogP contribution in [-0.4, -0.2) is 49.2 Å². The van der Waals surface area contributed by atoms with Crippen LogP contribution in [0.15, 0.2) is 17.1 Å². The lowest BCUT2D eigenvalue weighted by atomic mass is 10.0. The van der Waals surface area contributed by atoms with Crippen LogP contribution >= 0.6 is 0 Å². The molecule has 0 aromatic carbocycles. The maximum Gasteiger partial charge on any atom is 0.347 e. The summed E-state index contributed by atoms with van der Waals surface area (Å²) >= 11 is 0. The Hall–Kier alpha value is -2.72. The Morgan fingerprint density at radius 2 is 2.11 bits per heavy atom. The number of alkyl halides is 2. The number of hydrogen-bond donors (Lipinski definition) is 0. The zero-order valence-corrected chi connectivity index (χ0v) is 14.7. The standard InChI is InChI=1S/C17H17F4N5O2/c18-10-6-11(19)12(22-7-10)8-25-16(28)26-13(2-1-3-14(26)23-25)15(27)24-5-4-17(20,21)9-24/h6-7,13H,1-5,8-9H2/t13-/m0/s1. The maximum absolute atomic E-state index is 13.8. The Kier molecular flexibility index (Phi) is 4.47. The molecular weight excluding hydrogens is 382 g/mol. The van der Waals surface area contributed by atoms with E-state index in [1.165, 1.54) is 4.57 Å². The summed E-state index contributed by atoms with van der Waals surface area (Å²) in [6, 6.07) is -0.256. The molecule has 0 N–H and O–H groups in total. The number of carbonyl (C=O) groups excluding carboxylic acids is 1. The van der Waals surface area contributed by atoms with Gasteiger partial charge in [0, 0.05) is 25.5 Å². The van der Waals surface area contributed by atoms with Crippen LogP contribution in [0.2, 0.25) is 0 Å². The van der Waals surface area contributed by atoms with Gasteiger partial charge in [0.25, 0.3) is 5.92 Å². The van der Waals surface area contributed by atoms with Crippen molar-refractivity contribution in [3.05, 3.63) is 45.9 Å². The van der Waals surface area contributed by atoms with Gasteiger partial charge in [0.1, 0.15) is 23.5 Å². The molecular formula is C17H17F4N5O2. The molecule has 4 rings (SSSR count). The number of nitrogens with zero attached hydrogens (tertiary/aromatic N) is 5. The number of hydrogen-bond acceptors (Lipinski definition) is 4. The Bertz CT molecular complexity index is 986. The van der Waals surface area contributed by atoms with E-state index in [0.29, 0.717) is 31.2 Å². The molecule has 1 amide bonds. The SMILES string of the molecule is O=C([C@@H]1CCCc2nn(Cc3ncc(F)cc3F)c(=O)n21)N1CCC(F)(F)C1. The van der Waals surface area contributed by atoms with Crippen molar-refractivity contribution >= 4 is 5.91 Å². The second-order valence-electron chi connectivity index (χ2n) is 7.08. The van der Waals surface area contributed by atoms with E-state index in [1.807, 2.05) is 0 Å². The van der Waals surface area contributed by atoms with Crippen LogP contribution in [0.3, 0.4) is 0 Å². The van der Waals surface area contributed by atoms with Crippen molar-refractivity contribution in [1.29, 1.82) is 0 Å². The van der Waals surface area contributed by atoms with E-state index >= 15 is 0 Å². The van der Waals surface area contributed by atoms with Crippen LogP contribution in [0.4, 0.5) is 17.6 Å². The van der Waals surface area contributed by atoms with E-state index in [-0.39, 0.29) is 18.8 Å². The van der Waals surface area contributed by atoms with Gasteiger partial charge < -0.3 is 4.90 Å². The van der Waals surface area contributed by atoms with E-state index in [1.54, 1.807) is 0 Å². The molecule has 28 heavy (non-hydrogen) atoms. The summed E-state index contributed by atoms with van der Waals surface area (Å²) in [5.41, 5.74) is -0.814. The Morgan fingerprint density at radius 1 is 1.32 bits per heavy atom. The number of pyridine rings is 1. The number of aromatic nitrogens is 4. The molecule has 1 atom stereocenters. The highest BCUT2D eigenvalue weighted by atomic mass is 19.3. The van der Waals surface area contributed by atoms with Crippen LogP contribution in [-0.2, 0) is 17.8 Å². The third-order valence-corrected chi connectivity index (χ3v) is 5.08. The van der Waals surface area contributed by atoms with Crippen molar-refractivity contribution < 1.29 is 22.4 Å². The molecule has 2 aliphatic rings. The molecule has 4 heterocycles. The van der Waals surface area contributed by atoms with Crippen molar-refractivity contribution in [2.75, 3.05) is 13.1 Å². The molecule has 1 fully saturated rings. The van der Waals surface area contributed by atoms with E-state index < -0.39 is 48.2 Å². The van der Waals surface area contributed by atoms with Crippen molar-refractivity contribution in [3.8, 4) is 0 Å². The predicted octanol–water partition coefficient (Wildman–Crippen LogP) is 1.51. The molecule has 0 radical (unpaired) electrons. The van der Waals surface area contributed by atoms with Crippen molar-refractivity contribution in [2.24, 2.45) is 0 Å². The summed E-state index contributed by atoms with van der Waals surface area (Å²) in [5, 5.41) is 4.14. The van der Waals surface area contributed by atoms with Gasteiger partial charge in [0.05, 0.1) is 25.0 Å². The van der Waals surface area contributed by atoms with Gasteiger partial charge in [-0.1, -0.05) is 0 Å². The number of fused-ring (bicyclic) bond motifs is 1. The average Bonchev–Trinajstić information content (AvgIpc) is 3.16. The first-order chi connectivity index (χ1) is 13.2. The molecule has 1 saturated heterocycles. The topological polar surface area (TPSA) is 73.0 Å². The van der Waals surface area contributed by atoms with Gasteiger partial charge in [-0.05, 0) is 12.8 Å². The molecule has 2 aromatic rings. The second kappa shape index (κ2) is 6.71. The van der Waals surface area contributed by atoms with Gasteiger partial charge in [-0.15, -0.1) is 0 Å². The zero-order chi connectivity index (χ0) is 20.1. The lowest BCUT2D eigenvalue weighted by molar-refractivity contribution is -0.135. The third kappa shape index (κ3) is 3.29. The smallest absolute Gasteiger partial charge is 0.335 e. The highest BCUT2D eigenvalue weighted by molar-refractivity contribution is 5.81. The van der Waals surface area contributed by atoms with Crippen LogP contribution in [0.25, 0.3) is 0 Å². The minimum Gasteiger partial charge on any atom is -0.335 e.